The van der Waals surface area contributed by atoms with Crippen LogP contribution < -0.4 is 4.90 Å². The molecule has 0 saturated carbocycles. The molecule has 1 aliphatic heterocycles. The number of aromatic nitrogens is 4. The average Bonchev–Trinajstić information content (AvgIpc) is 3.17. The monoisotopic (exact) mass is 376 g/mol. The lowest BCUT2D eigenvalue weighted by Gasteiger charge is -2.18. The van der Waals surface area contributed by atoms with Crippen LogP contribution in [0.25, 0.3) is 11.4 Å². The summed E-state index contributed by atoms with van der Waals surface area (Å²) in [7, 11) is 1.36. The molecule has 2 aromatic rings. The van der Waals surface area contributed by atoms with Crippen molar-refractivity contribution in [2.24, 2.45) is 0 Å². The molecule has 1 unspecified atom stereocenters. The van der Waals surface area contributed by atoms with Gasteiger partial charge in [0.1, 0.15) is 12.6 Å². The lowest BCUT2D eigenvalue weighted by atomic mass is 10.2. The second-order valence-corrected chi connectivity index (χ2v) is 6.60. The molecular formula is C17H22N5O3S+. The van der Waals surface area contributed by atoms with E-state index in [2.05, 4.69) is 16.7 Å². The minimum atomic E-state index is -0.545. The fourth-order valence-corrected chi connectivity index (χ4v) is 3.55. The Labute approximate surface area is 156 Å². The van der Waals surface area contributed by atoms with E-state index in [9.17, 15) is 9.90 Å². The summed E-state index contributed by atoms with van der Waals surface area (Å²) >= 11 is 5.58. The standard InChI is InChI=1S/C17H21N5O3S/c1-3-7-21-15(12-5-4-6-18-9-12)19-22(17(21)26)11-20-10-13(23)8-14(20)16(24)25-2/h3-6,9,13-14,23H,1,7-8,10-11H2,2H3/p+1/t13-,14+/m1/s1. The Morgan fingerprint density at radius 3 is 3.08 bits per heavy atom. The van der Waals surface area contributed by atoms with E-state index in [1.165, 1.54) is 7.11 Å². The van der Waals surface area contributed by atoms with E-state index < -0.39 is 12.1 Å². The predicted molar refractivity (Wildman–Crippen MR) is 96.7 cm³/mol. The second-order valence-electron chi connectivity index (χ2n) is 6.23. The van der Waals surface area contributed by atoms with Gasteiger partial charge < -0.3 is 14.7 Å². The van der Waals surface area contributed by atoms with Gasteiger partial charge in [0.2, 0.25) is 4.77 Å². The zero-order valence-corrected chi connectivity index (χ0v) is 15.4. The molecular weight excluding hydrogens is 354 g/mol. The topological polar surface area (TPSA) is 86.6 Å². The van der Waals surface area contributed by atoms with Crippen molar-refractivity contribution in [3.63, 3.8) is 0 Å². The van der Waals surface area contributed by atoms with Gasteiger partial charge in [-0.25, -0.2) is 4.79 Å². The van der Waals surface area contributed by atoms with Gasteiger partial charge in [-0.3, -0.25) is 9.55 Å². The minimum Gasteiger partial charge on any atom is -0.465 e. The minimum absolute atomic E-state index is 0.332. The highest BCUT2D eigenvalue weighted by atomic mass is 32.1. The van der Waals surface area contributed by atoms with Crippen LogP contribution in [0.3, 0.4) is 0 Å². The molecule has 1 aliphatic rings. The zero-order chi connectivity index (χ0) is 18.7. The Morgan fingerprint density at radius 2 is 2.42 bits per heavy atom. The Balaban J connectivity index is 1.94. The molecule has 2 N–H and O–H groups in total. The Morgan fingerprint density at radius 1 is 1.62 bits per heavy atom. The molecule has 0 radical (unpaired) electrons. The molecule has 0 bridgehead atoms. The Bertz CT molecular complexity index is 848. The van der Waals surface area contributed by atoms with E-state index in [0.717, 1.165) is 10.5 Å². The SMILES string of the molecule is C=CCn1c(-c2cccnc2)nn(C[NH+]2C[C@H](O)C[C@H]2C(=O)OC)c1=S. The summed E-state index contributed by atoms with van der Waals surface area (Å²) in [6, 6.07) is 3.33. The first-order chi connectivity index (χ1) is 12.5. The first kappa shape index (κ1) is 18.4. The number of nitrogens with zero attached hydrogens (tertiary/aromatic N) is 4. The number of pyridine rings is 1. The number of aliphatic hydroxyl groups excluding tert-OH is 1. The van der Waals surface area contributed by atoms with E-state index in [4.69, 9.17) is 17.0 Å². The van der Waals surface area contributed by atoms with Crippen LogP contribution in [-0.2, 0) is 22.7 Å². The number of esters is 1. The molecule has 3 rings (SSSR count). The molecule has 3 heterocycles. The predicted octanol–water partition coefficient (Wildman–Crippen LogP) is -0.189. The molecule has 26 heavy (non-hydrogen) atoms. The van der Waals surface area contributed by atoms with Gasteiger partial charge in [0.05, 0.1) is 7.11 Å². The van der Waals surface area contributed by atoms with Gasteiger partial charge in [-0.2, -0.15) is 4.68 Å². The quantitative estimate of drug-likeness (QED) is 0.413. The van der Waals surface area contributed by atoms with Crippen molar-refractivity contribution >= 4 is 18.2 Å². The summed E-state index contributed by atoms with van der Waals surface area (Å²) in [5.41, 5.74) is 0.847. The number of quaternary nitrogens is 1. The van der Waals surface area contributed by atoms with Crippen LogP contribution in [0.2, 0.25) is 0 Å². The smallest absolute Gasteiger partial charge is 0.364 e. The van der Waals surface area contributed by atoms with Crippen molar-refractivity contribution < 1.29 is 19.5 Å². The number of rotatable bonds is 6. The third-order valence-electron chi connectivity index (χ3n) is 4.49. The Hall–Kier alpha value is -2.36. The molecule has 2 aromatic heterocycles. The number of carbonyl (C=O) groups is 1. The van der Waals surface area contributed by atoms with Gasteiger partial charge in [0.15, 0.2) is 18.5 Å². The van der Waals surface area contributed by atoms with Crippen molar-refractivity contribution in [3.8, 4) is 11.4 Å². The number of nitrogens with one attached hydrogen (secondary N) is 1. The Kier molecular flexibility index (Phi) is 5.60. The van der Waals surface area contributed by atoms with Crippen molar-refractivity contribution in [2.75, 3.05) is 13.7 Å². The first-order valence-electron chi connectivity index (χ1n) is 8.34. The molecule has 3 atom stereocenters. The summed E-state index contributed by atoms with van der Waals surface area (Å²) < 4.78 is 8.95. The van der Waals surface area contributed by atoms with E-state index in [0.29, 0.717) is 36.8 Å². The molecule has 9 heteroatoms. The van der Waals surface area contributed by atoms with E-state index in [1.54, 1.807) is 23.2 Å². The van der Waals surface area contributed by atoms with Crippen molar-refractivity contribution in [2.45, 2.75) is 31.8 Å². The van der Waals surface area contributed by atoms with Gasteiger partial charge in [-0.05, 0) is 24.4 Å². The van der Waals surface area contributed by atoms with E-state index in [-0.39, 0.29) is 5.97 Å². The number of ether oxygens (including phenoxy) is 1. The van der Waals surface area contributed by atoms with Gasteiger partial charge in [0.25, 0.3) is 0 Å². The number of allylic oxidation sites excluding steroid dienone is 1. The van der Waals surface area contributed by atoms with Crippen LogP contribution in [0.4, 0.5) is 0 Å². The second kappa shape index (κ2) is 7.90. The van der Waals surface area contributed by atoms with Gasteiger partial charge >= 0.3 is 5.97 Å². The highest BCUT2D eigenvalue weighted by Gasteiger charge is 2.41. The normalized spacial score (nSPS) is 22.3. The number of methoxy groups -OCH3 is 1. The van der Waals surface area contributed by atoms with E-state index in [1.807, 2.05) is 16.7 Å². The first-order valence-corrected chi connectivity index (χ1v) is 8.75. The summed E-state index contributed by atoms with van der Waals surface area (Å²) in [4.78, 5) is 17.0. The molecule has 138 valence electrons. The van der Waals surface area contributed by atoms with Gasteiger partial charge in [0, 0.05) is 30.9 Å². The fourth-order valence-electron chi connectivity index (χ4n) is 3.29. The summed E-state index contributed by atoms with van der Waals surface area (Å²) in [6.07, 6.45) is 5.01. The van der Waals surface area contributed by atoms with Crippen LogP contribution >= 0.6 is 12.2 Å². The molecule has 8 nitrogen and oxygen atoms in total. The maximum Gasteiger partial charge on any atom is 0.364 e. The van der Waals surface area contributed by atoms with Gasteiger partial charge in [-0.1, -0.05) is 6.08 Å². The van der Waals surface area contributed by atoms with Crippen LogP contribution in [0.15, 0.2) is 37.2 Å². The zero-order valence-electron chi connectivity index (χ0n) is 14.5. The van der Waals surface area contributed by atoms with Crippen molar-refractivity contribution in [3.05, 3.63) is 42.0 Å². The molecule has 0 aliphatic carbocycles. The van der Waals surface area contributed by atoms with E-state index >= 15 is 0 Å². The molecule has 0 spiro atoms. The lowest BCUT2D eigenvalue weighted by Crippen LogP contribution is -3.14. The van der Waals surface area contributed by atoms with Crippen LogP contribution in [0, 0.1) is 4.77 Å². The lowest BCUT2D eigenvalue weighted by molar-refractivity contribution is -0.928. The number of carbonyl (C=O) groups excluding carboxylic acids is 1. The summed E-state index contributed by atoms with van der Waals surface area (Å²) in [6.45, 7) is 5.11. The van der Waals surface area contributed by atoms with Crippen molar-refractivity contribution in [1.82, 2.24) is 19.3 Å². The molecule has 1 fully saturated rings. The average molecular weight is 376 g/mol. The third-order valence-corrected chi connectivity index (χ3v) is 4.92. The van der Waals surface area contributed by atoms with Crippen LogP contribution in [0.5, 0.6) is 0 Å². The highest BCUT2D eigenvalue weighted by Crippen LogP contribution is 2.17. The fraction of sp³-hybridized carbons (Fsp3) is 0.412. The largest absolute Gasteiger partial charge is 0.465 e. The highest BCUT2D eigenvalue weighted by molar-refractivity contribution is 7.71. The maximum atomic E-state index is 12.0. The maximum absolute atomic E-state index is 12.0. The summed E-state index contributed by atoms with van der Waals surface area (Å²) in [5.74, 6) is 0.359. The number of hydrogen-bond acceptors (Lipinski definition) is 6. The number of hydrogen-bond donors (Lipinski definition) is 2. The number of likely N-dealkylation sites (tertiary alicyclic amines) is 1. The number of aliphatic hydroxyl groups is 1. The van der Waals surface area contributed by atoms with Crippen molar-refractivity contribution in [1.29, 1.82) is 0 Å². The third kappa shape index (κ3) is 3.59. The molecule has 0 aromatic carbocycles. The van der Waals surface area contributed by atoms with Gasteiger partial charge in [-0.15, -0.1) is 11.7 Å². The van der Waals surface area contributed by atoms with Crippen LogP contribution in [-0.4, -0.2) is 56.2 Å². The molecule has 1 saturated heterocycles. The molecule has 0 amide bonds. The summed E-state index contributed by atoms with van der Waals surface area (Å²) in [5, 5.41) is 14.6. The van der Waals surface area contributed by atoms with Crippen LogP contribution in [0.1, 0.15) is 6.42 Å².